The maximum Gasteiger partial charge on any atom is 0.0547 e. The highest BCUT2D eigenvalue weighted by Gasteiger charge is 2.31. The van der Waals surface area contributed by atoms with Crippen LogP contribution in [0.5, 0.6) is 0 Å². The number of aromatic nitrogens is 1. The predicted molar refractivity (Wildman–Crippen MR) is 77.3 cm³/mol. The van der Waals surface area contributed by atoms with Gasteiger partial charge in [-0.15, -0.1) is 0 Å². The number of pyridine rings is 1. The first-order valence-corrected chi connectivity index (χ1v) is 6.60. The van der Waals surface area contributed by atoms with Crippen LogP contribution in [0.4, 0.5) is 0 Å². The van der Waals surface area contributed by atoms with Gasteiger partial charge in [0.2, 0.25) is 0 Å². The van der Waals surface area contributed by atoms with E-state index >= 15 is 0 Å². The Morgan fingerprint density at radius 1 is 1.33 bits per heavy atom. The first-order valence-electron chi connectivity index (χ1n) is 6.60. The van der Waals surface area contributed by atoms with E-state index in [0.29, 0.717) is 6.04 Å². The monoisotopic (exact) mass is 249 g/mol. The van der Waals surface area contributed by atoms with Gasteiger partial charge in [-0.1, -0.05) is 26.8 Å². The Morgan fingerprint density at radius 2 is 1.94 bits per heavy atom. The highest BCUT2D eigenvalue weighted by atomic mass is 15.2. The molecule has 1 aromatic rings. The van der Waals surface area contributed by atoms with Gasteiger partial charge in [-0.3, -0.25) is 9.88 Å². The molecular formula is C15H27N3. The van der Waals surface area contributed by atoms with Gasteiger partial charge in [0.1, 0.15) is 0 Å². The summed E-state index contributed by atoms with van der Waals surface area (Å²) < 4.78 is 0. The van der Waals surface area contributed by atoms with Gasteiger partial charge in [0.15, 0.2) is 0 Å². The van der Waals surface area contributed by atoms with Crippen molar-refractivity contribution in [3.8, 4) is 0 Å². The summed E-state index contributed by atoms with van der Waals surface area (Å²) in [5, 5.41) is 0. The molecule has 0 spiro atoms. The van der Waals surface area contributed by atoms with Crippen LogP contribution in [0, 0.1) is 12.3 Å². The Bertz CT molecular complexity index is 380. The molecule has 2 N–H and O–H groups in total. The van der Waals surface area contributed by atoms with Crippen LogP contribution in [0.2, 0.25) is 0 Å². The van der Waals surface area contributed by atoms with Crippen molar-refractivity contribution in [3.63, 3.8) is 0 Å². The fraction of sp³-hybridized carbons (Fsp3) is 0.667. The van der Waals surface area contributed by atoms with Gasteiger partial charge < -0.3 is 5.73 Å². The van der Waals surface area contributed by atoms with Gasteiger partial charge in [0, 0.05) is 24.3 Å². The van der Waals surface area contributed by atoms with E-state index in [9.17, 15) is 0 Å². The van der Waals surface area contributed by atoms with E-state index < -0.39 is 0 Å². The fourth-order valence-corrected chi connectivity index (χ4v) is 2.89. The van der Waals surface area contributed by atoms with Crippen LogP contribution in [-0.2, 0) is 6.54 Å². The second-order valence-corrected chi connectivity index (χ2v) is 6.36. The van der Waals surface area contributed by atoms with Crippen LogP contribution in [-0.4, -0.2) is 29.0 Å². The summed E-state index contributed by atoms with van der Waals surface area (Å²) in [4.78, 5) is 6.87. The molecule has 18 heavy (non-hydrogen) atoms. The van der Waals surface area contributed by atoms with Crippen LogP contribution in [0.25, 0.3) is 0 Å². The third kappa shape index (κ3) is 4.07. The number of aryl methyl sites for hydroxylation is 1. The molecule has 0 saturated carbocycles. The van der Waals surface area contributed by atoms with Crippen molar-refractivity contribution in [1.29, 1.82) is 0 Å². The van der Waals surface area contributed by atoms with Crippen LogP contribution >= 0.6 is 0 Å². The standard InChI is InChI=1S/C15H27N3/c1-11-8-7-9-13(17-11)10-18(6)14(12(2)16)15(3,4)5/h7-9,12,14H,10,16H2,1-6H3. The van der Waals surface area contributed by atoms with E-state index in [1.807, 2.05) is 13.0 Å². The molecule has 0 radical (unpaired) electrons. The molecule has 0 aromatic carbocycles. The minimum atomic E-state index is 0.139. The summed E-state index contributed by atoms with van der Waals surface area (Å²) in [6.07, 6.45) is 0. The molecule has 0 amide bonds. The van der Waals surface area contributed by atoms with Crippen molar-refractivity contribution in [1.82, 2.24) is 9.88 Å². The first kappa shape index (κ1) is 15.1. The molecule has 2 unspecified atom stereocenters. The van der Waals surface area contributed by atoms with E-state index in [0.717, 1.165) is 17.9 Å². The summed E-state index contributed by atoms with van der Waals surface area (Å²) in [7, 11) is 2.13. The highest BCUT2D eigenvalue weighted by molar-refractivity contribution is 5.10. The molecule has 3 heteroatoms. The molecule has 0 aliphatic heterocycles. The highest BCUT2D eigenvalue weighted by Crippen LogP contribution is 2.26. The molecule has 102 valence electrons. The summed E-state index contributed by atoms with van der Waals surface area (Å²) >= 11 is 0. The van der Waals surface area contributed by atoms with Gasteiger partial charge in [-0.05, 0) is 38.4 Å². The van der Waals surface area contributed by atoms with Gasteiger partial charge in [0.05, 0.1) is 5.69 Å². The van der Waals surface area contributed by atoms with Crippen molar-refractivity contribution in [2.24, 2.45) is 11.1 Å². The maximum absolute atomic E-state index is 6.15. The van der Waals surface area contributed by atoms with Crippen LogP contribution < -0.4 is 5.73 Å². The number of likely N-dealkylation sites (N-methyl/N-ethyl adjacent to an activating group) is 1. The Morgan fingerprint density at radius 3 is 2.39 bits per heavy atom. The molecule has 1 aromatic heterocycles. The molecule has 0 fully saturated rings. The minimum absolute atomic E-state index is 0.139. The lowest BCUT2D eigenvalue weighted by Crippen LogP contribution is -2.51. The fourth-order valence-electron chi connectivity index (χ4n) is 2.89. The second kappa shape index (κ2) is 5.81. The van der Waals surface area contributed by atoms with Gasteiger partial charge >= 0.3 is 0 Å². The third-order valence-corrected chi connectivity index (χ3v) is 3.22. The first-order chi connectivity index (χ1) is 8.21. The topological polar surface area (TPSA) is 42.1 Å². The molecule has 1 rings (SSSR count). The molecule has 0 aliphatic carbocycles. The lowest BCUT2D eigenvalue weighted by Gasteiger charge is -2.40. The predicted octanol–water partition coefficient (Wildman–Crippen LogP) is 2.58. The van der Waals surface area contributed by atoms with Crippen LogP contribution in [0.15, 0.2) is 18.2 Å². The quantitative estimate of drug-likeness (QED) is 0.892. The number of hydrogen-bond acceptors (Lipinski definition) is 3. The molecule has 2 atom stereocenters. The molecule has 1 heterocycles. The molecule has 3 nitrogen and oxygen atoms in total. The number of hydrogen-bond donors (Lipinski definition) is 1. The SMILES string of the molecule is Cc1cccc(CN(C)C(C(C)N)C(C)(C)C)n1. The maximum atomic E-state index is 6.15. The van der Waals surface area contributed by atoms with Crippen molar-refractivity contribution >= 4 is 0 Å². The number of nitrogens with two attached hydrogens (primary N) is 1. The number of nitrogens with zero attached hydrogens (tertiary/aromatic N) is 2. The van der Waals surface area contributed by atoms with Gasteiger partial charge in [-0.25, -0.2) is 0 Å². The van der Waals surface area contributed by atoms with Crippen molar-refractivity contribution < 1.29 is 0 Å². The van der Waals surface area contributed by atoms with Crippen molar-refractivity contribution in [2.45, 2.75) is 53.2 Å². The molecule has 0 bridgehead atoms. The lowest BCUT2D eigenvalue weighted by atomic mass is 9.82. The molecule has 0 aliphatic rings. The zero-order valence-electron chi connectivity index (χ0n) is 12.6. The largest absolute Gasteiger partial charge is 0.327 e. The lowest BCUT2D eigenvalue weighted by molar-refractivity contribution is 0.0992. The number of rotatable bonds is 4. The van der Waals surface area contributed by atoms with Crippen molar-refractivity contribution in [3.05, 3.63) is 29.6 Å². The van der Waals surface area contributed by atoms with Crippen LogP contribution in [0.3, 0.4) is 0 Å². The Hall–Kier alpha value is -0.930. The average Bonchev–Trinajstić information content (AvgIpc) is 2.13. The minimum Gasteiger partial charge on any atom is -0.327 e. The second-order valence-electron chi connectivity index (χ2n) is 6.36. The Labute approximate surface area is 111 Å². The third-order valence-electron chi connectivity index (χ3n) is 3.22. The summed E-state index contributed by atoms with van der Waals surface area (Å²) in [5.74, 6) is 0. The Kier molecular flexibility index (Phi) is 4.88. The van der Waals surface area contributed by atoms with E-state index in [4.69, 9.17) is 5.73 Å². The van der Waals surface area contributed by atoms with Crippen LogP contribution in [0.1, 0.15) is 39.1 Å². The van der Waals surface area contributed by atoms with E-state index in [2.05, 4.69) is 56.8 Å². The molecular weight excluding hydrogens is 222 g/mol. The zero-order chi connectivity index (χ0) is 13.9. The van der Waals surface area contributed by atoms with E-state index in [1.165, 1.54) is 0 Å². The van der Waals surface area contributed by atoms with E-state index in [1.54, 1.807) is 0 Å². The summed E-state index contributed by atoms with van der Waals surface area (Å²) in [5.41, 5.74) is 8.47. The smallest absolute Gasteiger partial charge is 0.0547 e. The Balaban J connectivity index is 2.82. The normalized spacial score (nSPS) is 15.8. The van der Waals surface area contributed by atoms with Crippen molar-refractivity contribution in [2.75, 3.05) is 7.05 Å². The summed E-state index contributed by atoms with van der Waals surface area (Å²) in [6, 6.07) is 6.63. The average molecular weight is 249 g/mol. The summed E-state index contributed by atoms with van der Waals surface area (Å²) in [6.45, 7) is 11.7. The van der Waals surface area contributed by atoms with E-state index in [-0.39, 0.29) is 11.5 Å². The van der Waals surface area contributed by atoms with Gasteiger partial charge in [0.25, 0.3) is 0 Å². The molecule has 0 saturated heterocycles. The van der Waals surface area contributed by atoms with Gasteiger partial charge in [-0.2, -0.15) is 0 Å². The zero-order valence-corrected chi connectivity index (χ0v) is 12.6.